The normalized spacial score (nSPS) is 14.6. The minimum atomic E-state index is -6.00. The number of imidazole rings is 1. The van der Waals surface area contributed by atoms with Crippen LogP contribution in [0.3, 0.4) is 0 Å². The highest BCUT2D eigenvalue weighted by Crippen LogP contribution is 2.12. The van der Waals surface area contributed by atoms with E-state index in [1.807, 2.05) is 94.8 Å². The van der Waals surface area contributed by atoms with Crippen molar-refractivity contribution in [1.82, 2.24) is 4.68 Å². The van der Waals surface area contributed by atoms with Gasteiger partial charge in [-0.2, -0.15) is 0 Å². The van der Waals surface area contributed by atoms with Gasteiger partial charge in [0.15, 0.2) is 0 Å². The Labute approximate surface area is 183 Å². The average molecular weight is 447 g/mol. The lowest BCUT2D eigenvalue weighted by Gasteiger charge is -2.22. The minimum Gasteiger partial charge on any atom is -0.418 e. The van der Waals surface area contributed by atoms with Crippen molar-refractivity contribution in [2.24, 2.45) is 10.2 Å². The van der Waals surface area contributed by atoms with E-state index in [1.165, 1.54) is 0 Å². The third-order valence-electron chi connectivity index (χ3n) is 4.31. The average Bonchev–Trinajstić information content (AvgIpc) is 3.20. The maximum absolute atomic E-state index is 9.75. The molecule has 0 unspecified atom stereocenters. The zero-order valence-corrected chi connectivity index (χ0v) is 17.1. The Hall–Kier alpha value is -3.47. The maximum Gasteiger partial charge on any atom is 0.673 e. The van der Waals surface area contributed by atoms with Crippen LogP contribution in [0.2, 0.25) is 0 Å². The van der Waals surface area contributed by atoms with Crippen LogP contribution in [-0.2, 0) is 4.74 Å². The van der Waals surface area contributed by atoms with Crippen LogP contribution in [0, 0.1) is 0 Å². The zero-order valence-electron chi connectivity index (χ0n) is 17.1. The van der Waals surface area contributed by atoms with Crippen molar-refractivity contribution in [1.29, 1.82) is 0 Å². The lowest BCUT2D eigenvalue weighted by Crippen LogP contribution is -2.44. The summed E-state index contributed by atoms with van der Waals surface area (Å²) in [6, 6.07) is 20.1. The molecule has 1 aromatic heterocycles. The number of halogens is 4. The summed E-state index contributed by atoms with van der Waals surface area (Å²) >= 11 is 0. The second-order valence-electron chi connectivity index (χ2n) is 6.69. The molecule has 0 aliphatic carbocycles. The van der Waals surface area contributed by atoms with E-state index in [0.717, 1.165) is 30.2 Å². The Bertz CT molecular complexity index is 947. The van der Waals surface area contributed by atoms with E-state index < -0.39 is 7.25 Å². The van der Waals surface area contributed by atoms with Crippen molar-refractivity contribution in [2.75, 3.05) is 31.2 Å². The summed E-state index contributed by atoms with van der Waals surface area (Å²) in [5, 5.41) is 9.28. The van der Waals surface area contributed by atoms with Crippen LogP contribution in [0.25, 0.3) is 0 Å². The largest absolute Gasteiger partial charge is 0.673 e. The number of hydrogen-bond donors (Lipinski definition) is 0. The van der Waals surface area contributed by atoms with E-state index in [2.05, 4.69) is 15.1 Å². The summed E-state index contributed by atoms with van der Waals surface area (Å²) in [7, 11) is -6.00. The lowest BCUT2D eigenvalue weighted by molar-refractivity contribution is -0.665. The molecule has 32 heavy (non-hydrogen) atoms. The molecule has 1 saturated heterocycles. The van der Waals surface area contributed by atoms with Crippen LogP contribution < -0.4 is 9.58 Å². The van der Waals surface area contributed by atoms with Crippen molar-refractivity contribution in [3.63, 3.8) is 0 Å². The molecule has 0 N–H and O–H groups in total. The molecule has 11 heteroatoms. The first-order valence-corrected chi connectivity index (χ1v) is 9.92. The zero-order chi connectivity index (χ0) is 22.8. The number of morpholine rings is 1. The third-order valence-corrected chi connectivity index (χ3v) is 4.31. The molecule has 2 heterocycles. The van der Waals surface area contributed by atoms with Gasteiger partial charge in [0, 0.05) is 0 Å². The van der Waals surface area contributed by atoms with Gasteiger partial charge in [-0.15, -0.1) is 19.6 Å². The van der Waals surface area contributed by atoms with Crippen molar-refractivity contribution in [3.05, 3.63) is 84.2 Å². The number of aromatic nitrogens is 2. The fourth-order valence-electron chi connectivity index (χ4n) is 2.93. The van der Waals surface area contributed by atoms with E-state index in [4.69, 9.17) is 4.74 Å². The summed E-state index contributed by atoms with van der Waals surface area (Å²) in [5.74, 6) is 0.915. The van der Waals surface area contributed by atoms with Crippen LogP contribution in [0.1, 0.15) is 11.1 Å². The predicted octanol–water partition coefficient (Wildman–Crippen LogP) is 3.68. The Morgan fingerprint density at radius 3 is 1.94 bits per heavy atom. The quantitative estimate of drug-likeness (QED) is 0.259. The summed E-state index contributed by atoms with van der Waals surface area (Å²) in [6.45, 7) is 3.03. The van der Waals surface area contributed by atoms with Crippen LogP contribution in [0.15, 0.2) is 83.3 Å². The fraction of sp³-hybridized carbons (Fsp3) is 0.190. The first-order chi connectivity index (χ1) is 15.4. The van der Waals surface area contributed by atoms with Gasteiger partial charge in [-0.3, -0.25) is 4.90 Å². The molecule has 0 spiro atoms. The van der Waals surface area contributed by atoms with E-state index in [0.29, 0.717) is 13.2 Å². The molecule has 0 saturated carbocycles. The lowest BCUT2D eigenvalue weighted by atomic mass is 10.2. The molecule has 0 radical (unpaired) electrons. The summed E-state index contributed by atoms with van der Waals surface area (Å²) < 4.78 is 48.2. The fourth-order valence-corrected chi connectivity index (χ4v) is 2.93. The topological polar surface area (TPSA) is 46.0 Å². The second kappa shape index (κ2) is 11.2. The van der Waals surface area contributed by atoms with Gasteiger partial charge >= 0.3 is 13.2 Å². The van der Waals surface area contributed by atoms with Gasteiger partial charge in [-0.25, -0.2) is 0 Å². The van der Waals surface area contributed by atoms with Crippen molar-refractivity contribution < 1.29 is 26.7 Å². The smallest absolute Gasteiger partial charge is 0.418 e. The van der Waals surface area contributed by atoms with Gasteiger partial charge in [-0.05, 0) is 11.1 Å². The molecule has 0 atom stereocenters. The number of ether oxygens (including phenoxy) is 1. The highest BCUT2D eigenvalue weighted by atomic mass is 19.5. The monoisotopic (exact) mass is 447 g/mol. The van der Waals surface area contributed by atoms with Gasteiger partial charge in [0.05, 0.1) is 38.7 Å². The first-order valence-electron chi connectivity index (χ1n) is 9.92. The molecular formula is C21H22BF4N5O. The molecular weight excluding hydrogens is 425 g/mol. The number of benzene rings is 2. The summed E-state index contributed by atoms with van der Waals surface area (Å²) in [5.41, 5.74) is 2.11. The van der Waals surface area contributed by atoms with Crippen LogP contribution >= 0.6 is 0 Å². The molecule has 0 bridgehead atoms. The van der Waals surface area contributed by atoms with Gasteiger partial charge in [0.2, 0.25) is 0 Å². The Morgan fingerprint density at radius 2 is 1.38 bits per heavy atom. The summed E-state index contributed by atoms with van der Waals surface area (Å²) in [6.07, 6.45) is 7.56. The van der Waals surface area contributed by atoms with Crippen molar-refractivity contribution in [3.8, 4) is 0 Å². The SMILES string of the molecule is C(=Nn1cc[n+](N=Cc2ccccc2)c1N1CCOCC1)c1ccccc1.F[B-](F)(F)F. The molecule has 168 valence electrons. The van der Waals surface area contributed by atoms with Crippen molar-refractivity contribution in [2.45, 2.75) is 0 Å². The van der Waals surface area contributed by atoms with Crippen LogP contribution in [0.4, 0.5) is 23.2 Å². The molecule has 6 nitrogen and oxygen atoms in total. The van der Waals surface area contributed by atoms with Crippen LogP contribution in [0.5, 0.6) is 0 Å². The van der Waals surface area contributed by atoms with E-state index >= 15 is 0 Å². The molecule has 4 rings (SSSR count). The molecule has 0 amide bonds. The molecule has 1 fully saturated rings. The molecule has 1 aliphatic rings. The van der Waals surface area contributed by atoms with Gasteiger partial charge in [0.25, 0.3) is 0 Å². The second-order valence-corrected chi connectivity index (χ2v) is 6.69. The highest BCUT2D eigenvalue weighted by molar-refractivity contribution is 6.50. The Balaban J connectivity index is 0.000000523. The predicted molar refractivity (Wildman–Crippen MR) is 117 cm³/mol. The standard InChI is InChI=1S/C21H22N5O.BF4/c1-3-7-19(8-4-1)17-22-25-11-12-26(21(25)24-13-15-27-16-14-24)23-18-20-9-5-2-6-10-20;2-1(3,4)5/h1-12,17-18H,13-16H2;/q+1;-1. The van der Waals surface area contributed by atoms with E-state index in [9.17, 15) is 17.3 Å². The summed E-state index contributed by atoms with van der Waals surface area (Å²) in [4.78, 5) is 2.24. The molecule has 2 aromatic carbocycles. The first kappa shape index (κ1) is 23.2. The number of rotatable bonds is 5. The van der Waals surface area contributed by atoms with Crippen LogP contribution in [-0.4, -0.2) is 50.7 Å². The Morgan fingerprint density at radius 1 is 0.844 bits per heavy atom. The van der Waals surface area contributed by atoms with E-state index in [1.54, 1.807) is 0 Å². The number of nitrogens with zero attached hydrogens (tertiary/aromatic N) is 5. The number of hydrogen-bond acceptors (Lipinski definition) is 4. The molecule has 1 aliphatic heterocycles. The van der Waals surface area contributed by atoms with Gasteiger partial charge in [-0.1, -0.05) is 60.7 Å². The minimum absolute atomic E-state index is 0.704. The van der Waals surface area contributed by atoms with Gasteiger partial charge < -0.3 is 22.0 Å². The van der Waals surface area contributed by atoms with Crippen molar-refractivity contribution >= 4 is 25.6 Å². The Kier molecular flexibility index (Phi) is 8.15. The number of anilines is 1. The maximum atomic E-state index is 9.75. The van der Waals surface area contributed by atoms with Gasteiger partial charge in [0.1, 0.15) is 12.4 Å². The third kappa shape index (κ3) is 7.66. The highest BCUT2D eigenvalue weighted by Gasteiger charge is 2.27. The molecule has 3 aromatic rings. The van der Waals surface area contributed by atoms with E-state index in [-0.39, 0.29) is 0 Å².